The molecule has 0 saturated carbocycles. The number of halogens is 1. The maximum Gasteiger partial charge on any atom is 0.315 e. The molecule has 0 saturated heterocycles. The van der Waals surface area contributed by atoms with Crippen molar-refractivity contribution >= 4 is 12.3 Å². The van der Waals surface area contributed by atoms with E-state index in [1.807, 2.05) is 24.3 Å². The largest absolute Gasteiger partial charge is 0.413 e. The van der Waals surface area contributed by atoms with Gasteiger partial charge in [0.25, 0.3) is 0 Å². The number of hydrogen-bond donors (Lipinski definition) is 0. The fraction of sp³-hybridized carbons (Fsp3) is 0.167. The van der Waals surface area contributed by atoms with E-state index in [0.29, 0.717) is 0 Å². The lowest BCUT2D eigenvalue weighted by molar-refractivity contribution is 0.616. The van der Waals surface area contributed by atoms with Gasteiger partial charge in [0, 0.05) is 6.54 Å². The van der Waals surface area contributed by atoms with Crippen molar-refractivity contribution in [2.45, 2.75) is 6.92 Å². The van der Waals surface area contributed by atoms with Crippen LogP contribution in [0.4, 0.5) is 4.39 Å². The highest BCUT2D eigenvalue weighted by molar-refractivity contribution is 6.75. The summed E-state index contributed by atoms with van der Waals surface area (Å²) in [5.41, 5.74) is 1.12. The fourth-order valence-electron chi connectivity index (χ4n) is 1.80. The lowest BCUT2D eigenvalue weighted by atomic mass is 9.53. The third-order valence-corrected chi connectivity index (χ3v) is 2.62. The Balaban J connectivity index is 2.26. The van der Waals surface area contributed by atoms with E-state index >= 15 is 0 Å². The highest BCUT2D eigenvalue weighted by atomic mass is 19.1. The fourth-order valence-corrected chi connectivity index (χ4v) is 1.80. The van der Waals surface area contributed by atoms with E-state index < -0.39 is 0 Å². The van der Waals surface area contributed by atoms with Crippen LogP contribution in [0.25, 0.3) is 0 Å². The lowest BCUT2D eigenvalue weighted by Gasteiger charge is -2.26. The maximum atomic E-state index is 12.8. The van der Waals surface area contributed by atoms with Gasteiger partial charge in [-0.1, -0.05) is 29.6 Å². The molecule has 1 heterocycles. The quantitative estimate of drug-likeness (QED) is 0.661. The van der Waals surface area contributed by atoms with E-state index in [0.717, 1.165) is 12.0 Å². The van der Waals surface area contributed by atoms with E-state index in [4.69, 9.17) is 0 Å². The van der Waals surface area contributed by atoms with Gasteiger partial charge in [0.2, 0.25) is 0 Å². The summed E-state index contributed by atoms with van der Waals surface area (Å²) < 4.78 is 12.8. The molecule has 1 nitrogen and oxygen atoms in total. The molecule has 0 atom stereocenters. The Kier molecular flexibility index (Phi) is 2.90. The molecule has 1 aromatic carbocycles. The van der Waals surface area contributed by atoms with Crippen LogP contribution in [0, 0.1) is 5.82 Å². The molecule has 76 valence electrons. The summed E-state index contributed by atoms with van der Waals surface area (Å²) >= 11 is 0. The lowest BCUT2D eigenvalue weighted by Crippen LogP contribution is -2.45. The molecule has 1 aliphatic rings. The molecule has 2 rings (SSSR count). The van der Waals surface area contributed by atoms with Crippen LogP contribution in [0.5, 0.6) is 0 Å². The molecule has 15 heavy (non-hydrogen) atoms. The summed E-state index contributed by atoms with van der Waals surface area (Å²) in [5.74, 6) is 1.94. The molecule has 3 heteroatoms. The predicted octanol–water partition coefficient (Wildman–Crippen LogP) is 1.97. The van der Waals surface area contributed by atoms with Gasteiger partial charge in [-0.3, -0.25) is 0 Å². The number of nitrogens with zero attached hydrogens (tertiary/aromatic N) is 1. The van der Waals surface area contributed by atoms with E-state index in [2.05, 4.69) is 23.9 Å². The summed E-state index contributed by atoms with van der Waals surface area (Å²) in [4.78, 5) is 2.22. The van der Waals surface area contributed by atoms with Crippen LogP contribution in [-0.2, 0) is 0 Å². The summed E-state index contributed by atoms with van der Waals surface area (Å²) in [6.07, 6.45) is 6.11. The van der Waals surface area contributed by atoms with Gasteiger partial charge in [0.05, 0.1) is 0 Å². The van der Waals surface area contributed by atoms with E-state index in [-0.39, 0.29) is 12.7 Å². The molecule has 1 aliphatic heterocycles. The Morgan fingerprint density at radius 3 is 2.60 bits per heavy atom. The minimum atomic E-state index is -0.183. The summed E-state index contributed by atoms with van der Waals surface area (Å²) in [5, 5.41) is 0. The zero-order valence-electron chi connectivity index (χ0n) is 8.73. The minimum Gasteiger partial charge on any atom is -0.413 e. The van der Waals surface area contributed by atoms with Crippen molar-refractivity contribution in [3.8, 4) is 0 Å². The minimum absolute atomic E-state index is 0.183. The van der Waals surface area contributed by atoms with Crippen LogP contribution >= 0.6 is 0 Å². The van der Waals surface area contributed by atoms with Gasteiger partial charge < -0.3 is 4.81 Å². The van der Waals surface area contributed by atoms with Crippen molar-refractivity contribution in [1.29, 1.82) is 0 Å². The third kappa shape index (κ3) is 2.12. The highest BCUT2D eigenvalue weighted by Gasteiger charge is 2.20. The first-order valence-corrected chi connectivity index (χ1v) is 5.17. The Morgan fingerprint density at radius 2 is 1.93 bits per heavy atom. The molecule has 0 bridgehead atoms. The second-order valence-corrected chi connectivity index (χ2v) is 3.55. The summed E-state index contributed by atoms with van der Waals surface area (Å²) in [7, 11) is 0. The highest BCUT2D eigenvalue weighted by Crippen LogP contribution is 2.05. The van der Waals surface area contributed by atoms with Crippen LogP contribution in [0.15, 0.2) is 48.6 Å². The van der Waals surface area contributed by atoms with Gasteiger partial charge in [-0.05, 0) is 31.3 Å². The average molecular weight is 201 g/mol. The molecule has 0 aliphatic carbocycles. The van der Waals surface area contributed by atoms with E-state index in [9.17, 15) is 4.39 Å². The average Bonchev–Trinajstić information content (AvgIpc) is 2.30. The summed E-state index contributed by atoms with van der Waals surface area (Å²) in [6.45, 7) is 3.30. The Hall–Kier alpha value is -1.51. The first-order valence-electron chi connectivity index (χ1n) is 5.17. The van der Waals surface area contributed by atoms with Crippen LogP contribution in [0.3, 0.4) is 0 Å². The third-order valence-electron chi connectivity index (χ3n) is 2.62. The number of benzene rings is 1. The first-order chi connectivity index (χ1) is 7.31. The molecule has 0 unspecified atom stereocenters. The van der Waals surface area contributed by atoms with Crippen molar-refractivity contribution in [1.82, 2.24) is 4.81 Å². The van der Waals surface area contributed by atoms with Crippen molar-refractivity contribution < 1.29 is 4.39 Å². The zero-order chi connectivity index (χ0) is 10.7. The van der Waals surface area contributed by atoms with Crippen LogP contribution < -0.4 is 5.46 Å². The van der Waals surface area contributed by atoms with E-state index in [1.165, 1.54) is 12.1 Å². The number of allylic oxidation sites excluding steroid dienone is 2. The van der Waals surface area contributed by atoms with Gasteiger partial charge in [-0.25, -0.2) is 4.39 Å². The molecule has 0 fully saturated rings. The molecule has 0 radical (unpaired) electrons. The molecule has 1 aromatic rings. The molecule has 0 aromatic heterocycles. The Morgan fingerprint density at radius 1 is 1.20 bits per heavy atom. The smallest absolute Gasteiger partial charge is 0.315 e. The van der Waals surface area contributed by atoms with Gasteiger partial charge in [-0.2, -0.15) is 0 Å². The predicted molar refractivity (Wildman–Crippen MR) is 62.4 cm³/mol. The van der Waals surface area contributed by atoms with Gasteiger partial charge in [0.1, 0.15) is 5.82 Å². The van der Waals surface area contributed by atoms with Gasteiger partial charge in [-0.15, -0.1) is 0 Å². The molecule has 0 amide bonds. The molecule has 0 spiro atoms. The van der Waals surface area contributed by atoms with Crippen LogP contribution in [0.1, 0.15) is 6.92 Å². The maximum absolute atomic E-state index is 12.8. The zero-order valence-corrected chi connectivity index (χ0v) is 8.73. The van der Waals surface area contributed by atoms with Gasteiger partial charge >= 0.3 is 6.85 Å². The monoisotopic (exact) mass is 201 g/mol. The molecular formula is C12H13BFN. The van der Waals surface area contributed by atoms with Crippen molar-refractivity contribution in [3.63, 3.8) is 0 Å². The van der Waals surface area contributed by atoms with Crippen LogP contribution in [0.2, 0.25) is 0 Å². The number of hydrogen-bond acceptors (Lipinski definition) is 1. The van der Waals surface area contributed by atoms with Crippen molar-refractivity contribution in [3.05, 3.63) is 54.4 Å². The summed E-state index contributed by atoms with van der Waals surface area (Å²) in [6, 6.07) is 6.70. The standard InChI is InChI=1S/C12H13BFN/c1-2-15-10-4-3-9-13(15)11-5-7-12(14)8-6-11/h3-10H,2H2,1H3. The number of rotatable bonds is 2. The van der Waals surface area contributed by atoms with E-state index in [1.54, 1.807) is 0 Å². The molecular weight excluding hydrogens is 188 g/mol. The first kappa shape index (κ1) is 10.0. The second kappa shape index (κ2) is 4.34. The van der Waals surface area contributed by atoms with Crippen LogP contribution in [-0.4, -0.2) is 18.2 Å². The van der Waals surface area contributed by atoms with Crippen molar-refractivity contribution in [2.24, 2.45) is 0 Å². The van der Waals surface area contributed by atoms with Crippen molar-refractivity contribution in [2.75, 3.05) is 6.54 Å². The van der Waals surface area contributed by atoms with Gasteiger partial charge in [0.15, 0.2) is 0 Å². The normalized spacial score (nSPS) is 14.8. The Bertz CT molecular complexity index is 383. The molecule has 0 N–H and O–H groups in total. The SMILES string of the molecule is CCN1C=CC=CB1c1ccc(F)cc1. The Labute approximate surface area is 90.0 Å². The second-order valence-electron chi connectivity index (χ2n) is 3.55. The topological polar surface area (TPSA) is 3.24 Å².